The third-order valence-electron chi connectivity index (χ3n) is 4.48. The van der Waals surface area contributed by atoms with Crippen LogP contribution in [0.2, 0.25) is 5.02 Å². The molecule has 2 aromatic rings. The molecule has 1 aliphatic heterocycles. The first-order chi connectivity index (χ1) is 12.5. The van der Waals surface area contributed by atoms with Gasteiger partial charge >= 0.3 is 0 Å². The van der Waals surface area contributed by atoms with Gasteiger partial charge in [-0.3, -0.25) is 9.69 Å². The van der Waals surface area contributed by atoms with E-state index in [0.717, 1.165) is 31.9 Å². The minimum absolute atomic E-state index is 0.243. The Morgan fingerprint density at radius 3 is 2.88 bits per heavy atom. The number of halogens is 2. The molecule has 1 saturated heterocycles. The van der Waals surface area contributed by atoms with Crippen molar-refractivity contribution in [3.05, 3.63) is 58.4 Å². The quantitative estimate of drug-likeness (QED) is 0.691. The Balaban J connectivity index is 1.82. The minimum Gasteiger partial charge on any atom is -0.444 e. The number of anilines is 2. The number of furan rings is 1. The zero-order chi connectivity index (χ0) is 18.7. The van der Waals surface area contributed by atoms with Crippen molar-refractivity contribution in [1.29, 1.82) is 0 Å². The number of hydrogen-bond acceptors (Lipinski definition) is 4. The summed E-state index contributed by atoms with van der Waals surface area (Å²) in [5.74, 6) is -0.0653. The molecule has 0 saturated carbocycles. The van der Waals surface area contributed by atoms with Crippen LogP contribution in [-0.2, 0) is 0 Å². The van der Waals surface area contributed by atoms with E-state index < -0.39 is 0 Å². The molecule has 1 unspecified atom stereocenters. The molecular formula is C19H21BrClN3O2. The second-order valence-electron chi connectivity index (χ2n) is 6.27. The van der Waals surface area contributed by atoms with Gasteiger partial charge in [-0.25, -0.2) is 0 Å². The summed E-state index contributed by atoms with van der Waals surface area (Å²) in [5.41, 5.74) is 1.53. The lowest BCUT2D eigenvalue weighted by Gasteiger charge is -2.41. The highest BCUT2D eigenvalue weighted by molar-refractivity contribution is 9.10. The molecule has 26 heavy (non-hydrogen) atoms. The molecule has 1 fully saturated rings. The van der Waals surface area contributed by atoms with Crippen LogP contribution in [-0.4, -0.2) is 43.0 Å². The first-order valence-corrected chi connectivity index (χ1v) is 9.61. The molecule has 1 amide bonds. The van der Waals surface area contributed by atoms with Gasteiger partial charge in [-0.1, -0.05) is 23.7 Å². The molecule has 1 aliphatic rings. The zero-order valence-corrected chi connectivity index (χ0v) is 16.9. The van der Waals surface area contributed by atoms with E-state index in [2.05, 4.69) is 44.5 Å². The summed E-state index contributed by atoms with van der Waals surface area (Å²) in [7, 11) is 0. The molecule has 5 nitrogen and oxygen atoms in total. The number of rotatable bonds is 5. The predicted molar refractivity (Wildman–Crippen MR) is 109 cm³/mol. The zero-order valence-electron chi connectivity index (χ0n) is 14.5. The number of hydrogen-bond donors (Lipinski definition) is 1. The summed E-state index contributed by atoms with van der Waals surface area (Å²) in [6.07, 6.45) is 1.93. The van der Waals surface area contributed by atoms with E-state index in [0.29, 0.717) is 21.4 Å². The van der Waals surface area contributed by atoms with E-state index in [1.165, 1.54) is 0 Å². The maximum atomic E-state index is 12.5. The molecule has 1 atom stereocenters. The van der Waals surface area contributed by atoms with E-state index in [1.54, 1.807) is 12.1 Å². The number of benzene rings is 1. The molecule has 0 aliphatic carbocycles. The number of carbonyl (C=O) groups is 1. The molecule has 1 aromatic carbocycles. The lowest BCUT2D eigenvalue weighted by Crippen LogP contribution is -2.52. The monoisotopic (exact) mass is 437 g/mol. The Morgan fingerprint density at radius 1 is 1.42 bits per heavy atom. The highest BCUT2D eigenvalue weighted by Crippen LogP contribution is 2.35. The van der Waals surface area contributed by atoms with Crippen LogP contribution < -0.4 is 10.2 Å². The number of piperazine rings is 1. The molecule has 1 N–H and O–H groups in total. The molecule has 1 aromatic heterocycles. The molecule has 0 spiro atoms. The average molecular weight is 439 g/mol. The average Bonchev–Trinajstić information content (AvgIpc) is 3.04. The molecule has 2 heterocycles. The Labute approximate surface area is 166 Å². The third-order valence-corrected chi connectivity index (χ3v) is 5.21. The number of nitrogens with zero attached hydrogens (tertiary/aromatic N) is 2. The first-order valence-electron chi connectivity index (χ1n) is 8.44. The first kappa shape index (κ1) is 19.0. The van der Waals surface area contributed by atoms with Gasteiger partial charge in [0.2, 0.25) is 0 Å². The van der Waals surface area contributed by atoms with Crippen molar-refractivity contribution >= 4 is 44.8 Å². The van der Waals surface area contributed by atoms with Gasteiger partial charge in [-0.15, -0.1) is 6.58 Å². The topological polar surface area (TPSA) is 48.7 Å². The molecule has 3 rings (SSSR count). The number of carbonyl (C=O) groups excluding carboxylic acids is 1. The van der Waals surface area contributed by atoms with Gasteiger partial charge in [-0.05, 0) is 47.1 Å². The van der Waals surface area contributed by atoms with Crippen LogP contribution in [0.4, 0.5) is 11.4 Å². The molecule has 138 valence electrons. The van der Waals surface area contributed by atoms with Crippen molar-refractivity contribution in [1.82, 2.24) is 4.90 Å². The summed E-state index contributed by atoms with van der Waals surface area (Å²) in [4.78, 5) is 17.1. The van der Waals surface area contributed by atoms with Gasteiger partial charge in [0.05, 0.1) is 16.4 Å². The standard InChI is InChI=1S/C19H21BrClN3O2/c1-3-9-23-10-11-24(12-13(23)2)18-14(21)5-4-6-15(18)22-19(25)16-7-8-17(20)26-16/h3-8,13H,1,9-12H2,2H3,(H,22,25). The van der Waals surface area contributed by atoms with Gasteiger partial charge in [0, 0.05) is 32.2 Å². The SMILES string of the molecule is C=CCN1CCN(c2c(Cl)cccc2NC(=O)c2ccc(Br)o2)CC1C. The van der Waals surface area contributed by atoms with E-state index in [4.69, 9.17) is 16.0 Å². The van der Waals surface area contributed by atoms with Crippen molar-refractivity contribution < 1.29 is 9.21 Å². The van der Waals surface area contributed by atoms with Crippen molar-refractivity contribution in [2.75, 3.05) is 36.4 Å². The largest absolute Gasteiger partial charge is 0.444 e. The smallest absolute Gasteiger partial charge is 0.291 e. The Morgan fingerprint density at radius 2 is 2.23 bits per heavy atom. The van der Waals surface area contributed by atoms with Gasteiger partial charge in [0.15, 0.2) is 10.4 Å². The molecule has 0 bridgehead atoms. The maximum absolute atomic E-state index is 12.5. The normalized spacial score (nSPS) is 18.0. The van der Waals surface area contributed by atoms with Crippen LogP contribution >= 0.6 is 27.5 Å². The summed E-state index contributed by atoms with van der Waals surface area (Å²) in [6.45, 7) is 9.45. The lowest BCUT2D eigenvalue weighted by molar-refractivity contribution is 0.0995. The molecule has 7 heteroatoms. The van der Waals surface area contributed by atoms with Crippen molar-refractivity contribution in [2.45, 2.75) is 13.0 Å². The summed E-state index contributed by atoms with van der Waals surface area (Å²) in [5, 5.41) is 3.54. The van der Waals surface area contributed by atoms with Crippen LogP contribution in [0.5, 0.6) is 0 Å². The van der Waals surface area contributed by atoms with E-state index in [1.807, 2.05) is 24.3 Å². The highest BCUT2D eigenvalue weighted by atomic mass is 79.9. The number of para-hydroxylation sites is 1. The predicted octanol–water partition coefficient (Wildman–Crippen LogP) is 4.64. The summed E-state index contributed by atoms with van der Waals surface area (Å²) in [6, 6.07) is 9.21. The van der Waals surface area contributed by atoms with E-state index in [9.17, 15) is 4.79 Å². The Bertz CT molecular complexity index is 808. The fourth-order valence-corrected chi connectivity index (χ4v) is 3.79. The molecular weight excluding hydrogens is 418 g/mol. The van der Waals surface area contributed by atoms with Gasteiger partial charge in [0.25, 0.3) is 5.91 Å². The fourth-order valence-electron chi connectivity index (χ4n) is 3.19. The van der Waals surface area contributed by atoms with Crippen molar-refractivity contribution in [3.8, 4) is 0 Å². The van der Waals surface area contributed by atoms with Crippen LogP contribution in [0, 0.1) is 0 Å². The lowest BCUT2D eigenvalue weighted by atomic mass is 10.1. The van der Waals surface area contributed by atoms with Gasteiger partial charge in [0.1, 0.15) is 0 Å². The van der Waals surface area contributed by atoms with Gasteiger partial charge in [-0.2, -0.15) is 0 Å². The minimum atomic E-state index is -0.308. The summed E-state index contributed by atoms with van der Waals surface area (Å²) >= 11 is 9.70. The number of nitrogens with one attached hydrogen (secondary N) is 1. The molecule has 0 radical (unpaired) electrons. The Kier molecular flexibility index (Phi) is 6.06. The van der Waals surface area contributed by atoms with Gasteiger partial charge < -0.3 is 14.6 Å². The fraction of sp³-hybridized carbons (Fsp3) is 0.316. The second-order valence-corrected chi connectivity index (χ2v) is 7.46. The van der Waals surface area contributed by atoms with Crippen LogP contribution in [0.1, 0.15) is 17.5 Å². The number of amides is 1. The van der Waals surface area contributed by atoms with Crippen LogP contribution in [0.25, 0.3) is 0 Å². The maximum Gasteiger partial charge on any atom is 0.291 e. The van der Waals surface area contributed by atoms with Crippen molar-refractivity contribution in [3.63, 3.8) is 0 Å². The van der Waals surface area contributed by atoms with Crippen LogP contribution in [0.3, 0.4) is 0 Å². The van der Waals surface area contributed by atoms with Crippen LogP contribution in [0.15, 0.2) is 52.1 Å². The third kappa shape index (κ3) is 4.14. The van der Waals surface area contributed by atoms with E-state index >= 15 is 0 Å². The van der Waals surface area contributed by atoms with E-state index in [-0.39, 0.29) is 11.7 Å². The van der Waals surface area contributed by atoms with Crippen molar-refractivity contribution in [2.24, 2.45) is 0 Å². The second kappa shape index (κ2) is 8.29. The highest BCUT2D eigenvalue weighted by Gasteiger charge is 2.26. The summed E-state index contributed by atoms with van der Waals surface area (Å²) < 4.78 is 5.85. The Hall–Kier alpha value is -1.76.